The highest BCUT2D eigenvalue weighted by Crippen LogP contribution is 2.33. The minimum atomic E-state index is 1.26. The van der Waals surface area contributed by atoms with Crippen molar-refractivity contribution < 1.29 is 0 Å². The number of unbranched alkanes of at least 4 members (excludes halogenated alkanes) is 6. The van der Waals surface area contributed by atoms with Gasteiger partial charge >= 0.3 is 0 Å². The van der Waals surface area contributed by atoms with Crippen LogP contribution in [0.4, 0.5) is 0 Å². The second kappa shape index (κ2) is 11.9. The molecule has 0 aromatic heterocycles. The van der Waals surface area contributed by atoms with Gasteiger partial charge in [-0.1, -0.05) is 52.4 Å². The molecule has 0 aliphatic rings. The van der Waals surface area contributed by atoms with Crippen molar-refractivity contribution in [3.63, 3.8) is 0 Å². The Labute approximate surface area is 178 Å². The second-order valence-electron chi connectivity index (χ2n) is 6.15. The van der Waals surface area contributed by atoms with Crippen molar-refractivity contribution >= 4 is 67.8 Å². The molecule has 0 N–H and O–H groups in total. The van der Waals surface area contributed by atoms with Gasteiger partial charge in [-0.25, -0.2) is 0 Å². The molecule has 0 radical (unpaired) electrons. The average molecular weight is 638 g/mol. The quantitative estimate of drug-likeness (QED) is 0.180. The molecule has 126 valence electrons. The van der Waals surface area contributed by atoms with Crippen molar-refractivity contribution in [2.24, 2.45) is 0 Å². The zero-order chi connectivity index (χ0) is 16.5. The minimum Gasteiger partial charge on any atom is -0.0654 e. The molecule has 0 fully saturated rings. The number of rotatable bonds is 10. The van der Waals surface area contributed by atoms with E-state index in [1.807, 2.05) is 0 Å². The van der Waals surface area contributed by atoms with Crippen LogP contribution in [0.2, 0.25) is 0 Å². The Morgan fingerprint density at radius 3 is 1.36 bits per heavy atom. The predicted octanol–water partition coefficient (Wildman–Crippen LogP) is 8.05. The summed E-state index contributed by atoms with van der Waals surface area (Å²) in [7, 11) is 0. The lowest BCUT2D eigenvalue weighted by Crippen LogP contribution is -2.06. The lowest BCUT2D eigenvalue weighted by Gasteiger charge is -2.18. The van der Waals surface area contributed by atoms with Crippen LogP contribution in [-0.2, 0) is 12.8 Å². The van der Waals surface area contributed by atoms with Crippen molar-refractivity contribution in [3.05, 3.63) is 27.4 Å². The largest absolute Gasteiger partial charge is 0.0654 e. The average Bonchev–Trinajstić information content (AvgIpc) is 2.51. The van der Waals surface area contributed by atoms with Crippen LogP contribution in [0.25, 0.3) is 0 Å². The Bertz CT molecular complexity index is 427. The second-order valence-corrected chi connectivity index (χ2v) is 9.38. The van der Waals surface area contributed by atoms with Crippen LogP contribution in [0.15, 0.2) is 0 Å². The van der Waals surface area contributed by atoms with Gasteiger partial charge in [0.15, 0.2) is 0 Å². The first-order valence-corrected chi connectivity index (χ1v) is 11.9. The van der Waals surface area contributed by atoms with Crippen molar-refractivity contribution in [3.8, 4) is 0 Å². The van der Waals surface area contributed by atoms with E-state index in [4.69, 9.17) is 0 Å². The maximum Gasteiger partial charge on any atom is 0.0215 e. The molecule has 0 nitrogen and oxygen atoms in total. The summed E-state index contributed by atoms with van der Waals surface area (Å²) in [5.74, 6) is 0. The fourth-order valence-electron chi connectivity index (χ4n) is 2.82. The fourth-order valence-corrected chi connectivity index (χ4v) is 7.06. The zero-order valence-electron chi connectivity index (χ0n) is 14.2. The standard InChI is InChI=1S/C19H29I3/c1-4-6-8-10-12-15-17(20)14(3)18(21)16(19(15)22)13-11-9-7-5-2/h4-13H2,1-3H3. The molecule has 22 heavy (non-hydrogen) atoms. The molecule has 1 aromatic rings. The molecule has 0 saturated heterocycles. The molecule has 0 saturated carbocycles. The van der Waals surface area contributed by atoms with Crippen LogP contribution < -0.4 is 0 Å². The van der Waals surface area contributed by atoms with E-state index in [1.165, 1.54) is 76.9 Å². The van der Waals surface area contributed by atoms with Gasteiger partial charge in [-0.2, -0.15) is 0 Å². The fraction of sp³-hybridized carbons (Fsp3) is 0.684. The summed E-state index contributed by atoms with van der Waals surface area (Å²) >= 11 is 7.77. The Hall–Kier alpha value is 1.41. The monoisotopic (exact) mass is 638 g/mol. The van der Waals surface area contributed by atoms with Gasteiger partial charge in [0.25, 0.3) is 0 Å². The maximum absolute atomic E-state index is 2.62. The van der Waals surface area contributed by atoms with Crippen molar-refractivity contribution in [1.82, 2.24) is 0 Å². The summed E-state index contributed by atoms with van der Waals surface area (Å²) in [6.07, 6.45) is 13.3. The SMILES string of the molecule is CCCCCCc1c(I)c(C)c(I)c(CCCCCC)c1I. The van der Waals surface area contributed by atoms with Crippen molar-refractivity contribution in [1.29, 1.82) is 0 Å². The molecule has 1 aromatic carbocycles. The van der Waals surface area contributed by atoms with Gasteiger partial charge in [0.2, 0.25) is 0 Å². The molecule has 0 heterocycles. The molecule has 0 aliphatic carbocycles. The zero-order valence-corrected chi connectivity index (χ0v) is 20.7. The third-order valence-corrected chi connectivity index (χ3v) is 8.50. The lowest BCUT2D eigenvalue weighted by molar-refractivity contribution is 0.657. The first-order valence-electron chi connectivity index (χ1n) is 8.69. The Morgan fingerprint density at radius 2 is 1.00 bits per heavy atom. The third kappa shape index (κ3) is 6.37. The van der Waals surface area contributed by atoms with E-state index in [9.17, 15) is 0 Å². The molecular formula is C19H29I3. The molecule has 3 heteroatoms. The van der Waals surface area contributed by atoms with Gasteiger partial charge in [-0.15, -0.1) is 0 Å². The molecule has 1 rings (SSSR count). The maximum atomic E-state index is 2.62. The predicted molar refractivity (Wildman–Crippen MR) is 125 cm³/mol. The summed E-state index contributed by atoms with van der Waals surface area (Å²) in [4.78, 5) is 0. The van der Waals surface area contributed by atoms with Gasteiger partial charge in [-0.3, -0.25) is 0 Å². The first-order chi connectivity index (χ1) is 10.5. The van der Waals surface area contributed by atoms with E-state index >= 15 is 0 Å². The van der Waals surface area contributed by atoms with Crippen LogP contribution in [0, 0.1) is 17.6 Å². The summed E-state index contributed by atoms with van der Waals surface area (Å²) in [5.41, 5.74) is 4.76. The molecule has 0 atom stereocenters. The summed E-state index contributed by atoms with van der Waals surface area (Å²) in [5, 5.41) is 0. The van der Waals surface area contributed by atoms with Crippen LogP contribution in [0.5, 0.6) is 0 Å². The van der Waals surface area contributed by atoms with Gasteiger partial charge < -0.3 is 0 Å². The normalized spacial score (nSPS) is 11.2. The van der Waals surface area contributed by atoms with Crippen LogP contribution in [-0.4, -0.2) is 0 Å². The molecule has 0 unspecified atom stereocenters. The Kier molecular flexibility index (Phi) is 11.6. The number of benzene rings is 1. The van der Waals surface area contributed by atoms with Crippen molar-refractivity contribution in [2.45, 2.75) is 85.0 Å². The third-order valence-electron chi connectivity index (χ3n) is 4.28. The number of hydrogen-bond acceptors (Lipinski definition) is 0. The summed E-state index contributed by atoms with van der Waals surface area (Å²) in [6.45, 7) is 6.89. The van der Waals surface area contributed by atoms with E-state index in [0.717, 1.165) is 0 Å². The minimum absolute atomic E-state index is 1.26. The van der Waals surface area contributed by atoms with E-state index in [-0.39, 0.29) is 0 Å². The van der Waals surface area contributed by atoms with Gasteiger partial charge in [0.1, 0.15) is 0 Å². The van der Waals surface area contributed by atoms with Crippen molar-refractivity contribution in [2.75, 3.05) is 0 Å². The summed E-state index contributed by atoms with van der Waals surface area (Å²) < 4.78 is 4.59. The van der Waals surface area contributed by atoms with Gasteiger partial charge in [0.05, 0.1) is 0 Å². The van der Waals surface area contributed by atoms with Crippen LogP contribution in [0.1, 0.15) is 81.9 Å². The number of hydrogen-bond donors (Lipinski definition) is 0. The number of halogens is 3. The van der Waals surface area contributed by atoms with Gasteiger partial charge in [-0.05, 0) is 117 Å². The van der Waals surface area contributed by atoms with E-state index in [2.05, 4.69) is 88.5 Å². The molecule has 0 spiro atoms. The Morgan fingerprint density at radius 1 is 0.591 bits per heavy atom. The van der Waals surface area contributed by atoms with E-state index < -0.39 is 0 Å². The van der Waals surface area contributed by atoms with Crippen LogP contribution in [0.3, 0.4) is 0 Å². The highest BCUT2D eigenvalue weighted by atomic mass is 127. The molecule has 0 amide bonds. The van der Waals surface area contributed by atoms with Gasteiger partial charge in [0, 0.05) is 10.7 Å². The van der Waals surface area contributed by atoms with Crippen LogP contribution >= 0.6 is 67.8 Å². The highest BCUT2D eigenvalue weighted by Gasteiger charge is 2.17. The highest BCUT2D eigenvalue weighted by molar-refractivity contribution is 14.1. The first kappa shape index (κ1) is 21.5. The molecular weight excluding hydrogens is 609 g/mol. The summed E-state index contributed by atoms with van der Waals surface area (Å²) in [6, 6.07) is 0. The molecule has 0 aliphatic heterocycles. The van der Waals surface area contributed by atoms with E-state index in [1.54, 1.807) is 14.7 Å². The van der Waals surface area contributed by atoms with E-state index in [0.29, 0.717) is 0 Å². The smallest absolute Gasteiger partial charge is 0.0215 e. The topological polar surface area (TPSA) is 0 Å². The lowest BCUT2D eigenvalue weighted by atomic mass is 9.98. The molecule has 0 bridgehead atoms. The Balaban J connectivity index is 2.89.